The Morgan fingerprint density at radius 3 is 2.20 bits per heavy atom. The van der Waals surface area contributed by atoms with E-state index in [0.717, 1.165) is 36.8 Å². The molecule has 2 aromatic carbocycles. The topological polar surface area (TPSA) is 18.5 Å². The maximum absolute atomic E-state index is 13.6. The summed E-state index contributed by atoms with van der Waals surface area (Å²) < 4.78 is 25.3. The number of aryl methyl sites for hydroxylation is 1. The third kappa shape index (κ3) is 5.04. The van der Waals surface area contributed by atoms with Gasteiger partial charge in [-0.05, 0) is 48.1 Å². The first-order valence-corrected chi connectivity index (χ1v) is 9.31. The smallest absolute Gasteiger partial charge is 0.142 e. The predicted molar refractivity (Wildman–Crippen MR) is 99.6 cm³/mol. The molecule has 2 aromatic rings. The molecule has 4 heteroatoms. The van der Waals surface area contributed by atoms with Gasteiger partial charge in [0.15, 0.2) is 0 Å². The lowest BCUT2D eigenvalue weighted by atomic mass is 10.0. The largest absolute Gasteiger partial charge is 0.373 e. The highest BCUT2D eigenvalue weighted by atomic mass is 35.5. The zero-order valence-electron chi connectivity index (χ0n) is 14.5. The summed E-state index contributed by atoms with van der Waals surface area (Å²) in [6.07, 6.45) is 4.54. The number of benzene rings is 2. The van der Waals surface area contributed by atoms with Gasteiger partial charge in [-0.15, -0.1) is 0 Å². The number of halogens is 2. The van der Waals surface area contributed by atoms with Crippen molar-refractivity contribution < 1.29 is 13.9 Å². The second-order valence-electron chi connectivity index (χ2n) is 6.56. The SMILES string of the molecule is CCCC1COC(CCc2ccc(-c3ccc(Cl)c(F)c3)cc2)CO1. The Labute approximate surface area is 153 Å². The highest BCUT2D eigenvalue weighted by Crippen LogP contribution is 2.25. The predicted octanol–water partition coefficient (Wildman–Crippen LogP) is 5.66. The van der Waals surface area contributed by atoms with E-state index in [0.29, 0.717) is 13.2 Å². The number of ether oxygens (including phenoxy) is 2. The molecule has 0 radical (unpaired) electrons. The molecule has 0 saturated carbocycles. The van der Waals surface area contributed by atoms with Crippen molar-refractivity contribution in [3.8, 4) is 11.1 Å². The highest BCUT2D eigenvalue weighted by molar-refractivity contribution is 6.30. The van der Waals surface area contributed by atoms with E-state index >= 15 is 0 Å². The van der Waals surface area contributed by atoms with E-state index in [4.69, 9.17) is 21.1 Å². The van der Waals surface area contributed by atoms with Crippen LogP contribution in [0, 0.1) is 5.82 Å². The molecule has 1 saturated heterocycles. The third-order valence-electron chi connectivity index (χ3n) is 4.61. The zero-order chi connectivity index (χ0) is 17.6. The average Bonchev–Trinajstić information content (AvgIpc) is 2.64. The molecule has 2 nitrogen and oxygen atoms in total. The molecule has 0 aliphatic carbocycles. The average molecular weight is 363 g/mol. The van der Waals surface area contributed by atoms with Crippen molar-refractivity contribution in [2.45, 2.75) is 44.8 Å². The molecule has 0 aromatic heterocycles. The van der Waals surface area contributed by atoms with Crippen LogP contribution in [0.15, 0.2) is 42.5 Å². The minimum Gasteiger partial charge on any atom is -0.373 e. The van der Waals surface area contributed by atoms with Crippen molar-refractivity contribution in [3.63, 3.8) is 0 Å². The monoisotopic (exact) mass is 362 g/mol. The summed E-state index contributed by atoms with van der Waals surface area (Å²) >= 11 is 5.74. The normalized spacial score (nSPS) is 20.6. The van der Waals surface area contributed by atoms with E-state index in [-0.39, 0.29) is 23.0 Å². The van der Waals surface area contributed by atoms with Crippen LogP contribution in [0.2, 0.25) is 5.02 Å². The molecule has 2 atom stereocenters. The molecule has 2 unspecified atom stereocenters. The van der Waals surface area contributed by atoms with E-state index in [1.165, 1.54) is 11.6 Å². The molecule has 0 bridgehead atoms. The van der Waals surface area contributed by atoms with Crippen LogP contribution in [-0.4, -0.2) is 25.4 Å². The van der Waals surface area contributed by atoms with Gasteiger partial charge in [-0.1, -0.05) is 55.3 Å². The lowest BCUT2D eigenvalue weighted by Gasteiger charge is -2.29. The van der Waals surface area contributed by atoms with E-state index in [1.54, 1.807) is 6.07 Å². The van der Waals surface area contributed by atoms with Crippen molar-refractivity contribution in [1.29, 1.82) is 0 Å². The third-order valence-corrected chi connectivity index (χ3v) is 4.91. The molecular formula is C21H24ClFO2. The zero-order valence-corrected chi connectivity index (χ0v) is 15.3. The summed E-state index contributed by atoms with van der Waals surface area (Å²) in [6.45, 7) is 3.56. The van der Waals surface area contributed by atoms with Gasteiger partial charge in [-0.3, -0.25) is 0 Å². The lowest BCUT2D eigenvalue weighted by molar-refractivity contribution is -0.136. The highest BCUT2D eigenvalue weighted by Gasteiger charge is 2.21. The van der Waals surface area contributed by atoms with Crippen molar-refractivity contribution in [1.82, 2.24) is 0 Å². The quantitative estimate of drug-likeness (QED) is 0.659. The molecule has 25 heavy (non-hydrogen) atoms. The minimum absolute atomic E-state index is 0.149. The second kappa shape index (κ2) is 8.79. The van der Waals surface area contributed by atoms with Crippen molar-refractivity contribution >= 4 is 11.6 Å². The minimum atomic E-state index is -0.390. The van der Waals surface area contributed by atoms with Crippen LogP contribution in [0.3, 0.4) is 0 Å². The molecule has 1 heterocycles. The van der Waals surface area contributed by atoms with Crippen LogP contribution in [0.1, 0.15) is 31.7 Å². The first-order valence-electron chi connectivity index (χ1n) is 8.93. The molecular weight excluding hydrogens is 339 g/mol. The van der Waals surface area contributed by atoms with E-state index in [2.05, 4.69) is 19.1 Å². The van der Waals surface area contributed by atoms with Gasteiger partial charge in [0.2, 0.25) is 0 Å². The van der Waals surface area contributed by atoms with Crippen LogP contribution in [0.25, 0.3) is 11.1 Å². The van der Waals surface area contributed by atoms with Crippen LogP contribution >= 0.6 is 11.6 Å². The number of rotatable bonds is 6. The van der Waals surface area contributed by atoms with Crippen molar-refractivity contribution in [3.05, 3.63) is 58.9 Å². The van der Waals surface area contributed by atoms with E-state index in [9.17, 15) is 4.39 Å². The summed E-state index contributed by atoms with van der Waals surface area (Å²) in [5, 5.41) is 0.149. The van der Waals surface area contributed by atoms with Crippen LogP contribution < -0.4 is 0 Å². The van der Waals surface area contributed by atoms with Gasteiger partial charge in [-0.25, -0.2) is 4.39 Å². The van der Waals surface area contributed by atoms with E-state index in [1.807, 2.05) is 18.2 Å². The summed E-state index contributed by atoms with van der Waals surface area (Å²) in [5.41, 5.74) is 3.07. The molecule has 0 amide bonds. The Hall–Kier alpha value is -1.42. The molecule has 1 fully saturated rings. The first kappa shape index (κ1) is 18.4. The maximum atomic E-state index is 13.6. The van der Waals surface area contributed by atoms with Gasteiger partial charge in [-0.2, -0.15) is 0 Å². The van der Waals surface area contributed by atoms with Gasteiger partial charge >= 0.3 is 0 Å². The Morgan fingerprint density at radius 2 is 1.60 bits per heavy atom. The first-order chi connectivity index (χ1) is 12.2. The molecule has 1 aliphatic rings. The molecule has 0 N–H and O–H groups in total. The van der Waals surface area contributed by atoms with Crippen LogP contribution in [0.5, 0.6) is 0 Å². The lowest BCUT2D eigenvalue weighted by Crippen LogP contribution is -2.35. The molecule has 0 spiro atoms. The Bertz CT molecular complexity index is 679. The van der Waals surface area contributed by atoms with Crippen molar-refractivity contribution in [2.24, 2.45) is 0 Å². The standard InChI is InChI=1S/C21H24ClFO2/c1-2-3-18-13-25-19(14-24-18)10-6-15-4-7-16(8-5-15)17-9-11-20(22)21(23)12-17/h4-5,7-9,11-12,18-19H,2-3,6,10,13-14H2,1H3. The number of hydrogen-bond donors (Lipinski definition) is 0. The van der Waals surface area contributed by atoms with Crippen molar-refractivity contribution in [2.75, 3.05) is 13.2 Å². The van der Waals surface area contributed by atoms with Crippen LogP contribution in [0.4, 0.5) is 4.39 Å². The summed E-state index contributed by atoms with van der Waals surface area (Å²) in [7, 11) is 0. The Kier molecular flexibility index (Phi) is 6.46. The maximum Gasteiger partial charge on any atom is 0.142 e. The summed E-state index contributed by atoms with van der Waals surface area (Å²) in [6, 6.07) is 13.1. The van der Waals surface area contributed by atoms with Gasteiger partial charge in [0.1, 0.15) is 5.82 Å². The van der Waals surface area contributed by atoms with Crippen LogP contribution in [-0.2, 0) is 15.9 Å². The van der Waals surface area contributed by atoms with Gasteiger partial charge in [0.25, 0.3) is 0 Å². The van der Waals surface area contributed by atoms with Gasteiger partial charge < -0.3 is 9.47 Å². The van der Waals surface area contributed by atoms with Gasteiger partial charge in [0.05, 0.1) is 30.4 Å². The molecule has 1 aliphatic heterocycles. The second-order valence-corrected chi connectivity index (χ2v) is 6.97. The molecule has 134 valence electrons. The Balaban J connectivity index is 1.52. The summed E-state index contributed by atoms with van der Waals surface area (Å²) in [4.78, 5) is 0. The Morgan fingerprint density at radius 1 is 0.960 bits per heavy atom. The number of hydrogen-bond acceptors (Lipinski definition) is 2. The fourth-order valence-electron chi connectivity index (χ4n) is 3.11. The van der Waals surface area contributed by atoms with Gasteiger partial charge in [0, 0.05) is 0 Å². The molecule has 3 rings (SSSR count). The summed E-state index contributed by atoms with van der Waals surface area (Å²) in [5.74, 6) is -0.390. The fraction of sp³-hybridized carbons (Fsp3) is 0.429. The van der Waals surface area contributed by atoms with E-state index < -0.39 is 0 Å². The fourth-order valence-corrected chi connectivity index (χ4v) is 3.22.